The van der Waals surface area contributed by atoms with Gasteiger partial charge in [-0.3, -0.25) is 9.13 Å². The second kappa shape index (κ2) is 7.90. The first-order chi connectivity index (χ1) is 13.7. The van der Waals surface area contributed by atoms with E-state index in [9.17, 15) is 4.79 Å². The van der Waals surface area contributed by atoms with Crippen LogP contribution < -0.4 is 5.69 Å². The highest BCUT2D eigenvalue weighted by Crippen LogP contribution is 2.32. The fraction of sp³-hybridized carbons (Fsp3) is 0.333. The first-order valence-electron chi connectivity index (χ1n) is 10.0. The average molecular weight is 371 g/mol. The predicted octanol–water partition coefficient (Wildman–Crippen LogP) is 4.92. The third-order valence-corrected chi connectivity index (χ3v) is 5.80. The average Bonchev–Trinajstić information content (AvgIpc) is 3.02. The minimum Gasteiger partial charge on any atom is -0.294 e. The van der Waals surface area contributed by atoms with Crippen molar-refractivity contribution in [3.8, 4) is 11.8 Å². The number of nitriles is 1. The van der Waals surface area contributed by atoms with E-state index in [1.54, 1.807) is 21.3 Å². The molecule has 0 aliphatic heterocycles. The Morgan fingerprint density at radius 2 is 1.68 bits per heavy atom. The van der Waals surface area contributed by atoms with Gasteiger partial charge in [-0.15, -0.1) is 0 Å². The summed E-state index contributed by atoms with van der Waals surface area (Å²) in [5.41, 5.74) is 4.77. The monoisotopic (exact) mass is 371 g/mol. The molecule has 142 valence electrons. The first-order valence-corrected chi connectivity index (χ1v) is 10.0. The fourth-order valence-electron chi connectivity index (χ4n) is 4.26. The highest BCUT2D eigenvalue weighted by molar-refractivity contribution is 5.40. The second-order valence-corrected chi connectivity index (χ2v) is 7.75. The van der Waals surface area contributed by atoms with E-state index in [2.05, 4.69) is 30.3 Å². The molecule has 4 heteroatoms. The summed E-state index contributed by atoms with van der Waals surface area (Å²) in [6, 6.07) is 18.0. The Balaban J connectivity index is 1.55. The Bertz CT molecular complexity index is 1040. The lowest BCUT2D eigenvalue weighted by Gasteiger charge is -2.22. The van der Waals surface area contributed by atoms with Gasteiger partial charge in [0.2, 0.25) is 0 Å². The van der Waals surface area contributed by atoms with Gasteiger partial charge in [-0.05, 0) is 61.1 Å². The third-order valence-electron chi connectivity index (χ3n) is 5.80. The van der Waals surface area contributed by atoms with Crippen LogP contribution in [0.4, 0.5) is 0 Å². The molecule has 0 unspecified atom stereocenters. The molecule has 0 amide bonds. The van der Waals surface area contributed by atoms with Gasteiger partial charge in [0.25, 0.3) is 0 Å². The van der Waals surface area contributed by atoms with Gasteiger partial charge in [-0.1, -0.05) is 43.5 Å². The van der Waals surface area contributed by atoms with Crippen LogP contribution >= 0.6 is 0 Å². The lowest BCUT2D eigenvalue weighted by atomic mass is 9.84. The molecule has 1 saturated carbocycles. The predicted molar refractivity (Wildman–Crippen MR) is 111 cm³/mol. The van der Waals surface area contributed by atoms with Crippen molar-refractivity contribution >= 4 is 0 Å². The number of nitrogens with zero attached hydrogens (tertiary/aromatic N) is 3. The molecule has 0 radical (unpaired) electrons. The Hall–Kier alpha value is -3.06. The van der Waals surface area contributed by atoms with Gasteiger partial charge in [0.05, 0.1) is 23.9 Å². The summed E-state index contributed by atoms with van der Waals surface area (Å²) in [5.74, 6) is 0.699. The number of hydrogen-bond donors (Lipinski definition) is 0. The summed E-state index contributed by atoms with van der Waals surface area (Å²) in [6.07, 6.45) is 8.54. The van der Waals surface area contributed by atoms with Gasteiger partial charge in [0.1, 0.15) is 0 Å². The number of hydrogen-bond acceptors (Lipinski definition) is 2. The Morgan fingerprint density at radius 3 is 2.32 bits per heavy atom. The van der Waals surface area contributed by atoms with Crippen LogP contribution in [0.15, 0.2) is 59.5 Å². The molecular weight excluding hydrogens is 346 g/mol. The van der Waals surface area contributed by atoms with Crippen LogP contribution in [0.5, 0.6) is 0 Å². The maximum Gasteiger partial charge on any atom is 0.333 e. The van der Waals surface area contributed by atoms with Crippen molar-refractivity contribution in [1.29, 1.82) is 5.26 Å². The van der Waals surface area contributed by atoms with Gasteiger partial charge in [0.15, 0.2) is 0 Å². The van der Waals surface area contributed by atoms with Crippen molar-refractivity contribution in [1.82, 2.24) is 9.13 Å². The molecule has 0 atom stereocenters. The maximum atomic E-state index is 12.9. The molecule has 4 rings (SSSR count). The van der Waals surface area contributed by atoms with Crippen LogP contribution in [-0.4, -0.2) is 9.13 Å². The molecule has 1 aliphatic rings. The molecule has 0 spiro atoms. The van der Waals surface area contributed by atoms with Gasteiger partial charge < -0.3 is 0 Å². The molecule has 28 heavy (non-hydrogen) atoms. The highest BCUT2D eigenvalue weighted by atomic mass is 16.1. The third kappa shape index (κ3) is 3.66. The quantitative estimate of drug-likeness (QED) is 0.654. The molecular formula is C24H25N3O. The van der Waals surface area contributed by atoms with Crippen LogP contribution in [0.2, 0.25) is 0 Å². The molecule has 0 bridgehead atoms. The van der Waals surface area contributed by atoms with Crippen molar-refractivity contribution in [3.05, 3.63) is 87.6 Å². The lowest BCUT2D eigenvalue weighted by molar-refractivity contribution is 0.443. The van der Waals surface area contributed by atoms with Crippen LogP contribution in [0, 0.1) is 18.3 Å². The summed E-state index contributed by atoms with van der Waals surface area (Å²) < 4.78 is 3.45. The van der Waals surface area contributed by atoms with Crippen molar-refractivity contribution in [2.24, 2.45) is 0 Å². The molecule has 0 N–H and O–H groups in total. The van der Waals surface area contributed by atoms with Crippen LogP contribution in [0.25, 0.3) is 5.69 Å². The summed E-state index contributed by atoms with van der Waals surface area (Å²) in [6.45, 7) is 2.50. The number of benzene rings is 2. The topological polar surface area (TPSA) is 50.7 Å². The number of aromatic nitrogens is 2. The van der Waals surface area contributed by atoms with Crippen molar-refractivity contribution < 1.29 is 0 Å². The standard InChI is InChI=1S/C24H25N3O/c1-18-16-26(24(28)27(18)23-13-9-19(15-25)10-14-23)17-20-7-11-22(12-8-20)21-5-3-2-4-6-21/h7-14,16,21H,2-6,17H2,1H3. The van der Waals surface area contributed by atoms with Crippen molar-refractivity contribution in [2.75, 3.05) is 0 Å². The van der Waals surface area contributed by atoms with Gasteiger partial charge in [-0.25, -0.2) is 4.79 Å². The molecule has 1 heterocycles. The zero-order valence-corrected chi connectivity index (χ0v) is 16.3. The van der Waals surface area contributed by atoms with Crippen molar-refractivity contribution in [2.45, 2.75) is 51.5 Å². The van der Waals surface area contributed by atoms with E-state index in [0.717, 1.165) is 16.9 Å². The van der Waals surface area contributed by atoms with E-state index < -0.39 is 0 Å². The summed E-state index contributed by atoms with van der Waals surface area (Å²) >= 11 is 0. The van der Waals surface area contributed by atoms with E-state index in [1.807, 2.05) is 25.3 Å². The summed E-state index contributed by atoms with van der Waals surface area (Å²) in [4.78, 5) is 12.9. The second-order valence-electron chi connectivity index (χ2n) is 7.75. The Morgan fingerprint density at radius 1 is 1.00 bits per heavy atom. The molecule has 4 nitrogen and oxygen atoms in total. The van der Waals surface area contributed by atoms with Gasteiger partial charge >= 0.3 is 5.69 Å². The zero-order valence-electron chi connectivity index (χ0n) is 16.3. The highest BCUT2D eigenvalue weighted by Gasteiger charge is 2.15. The van der Waals surface area contributed by atoms with E-state index in [-0.39, 0.29) is 5.69 Å². The minimum absolute atomic E-state index is 0.0569. The van der Waals surface area contributed by atoms with E-state index >= 15 is 0 Å². The summed E-state index contributed by atoms with van der Waals surface area (Å²) in [7, 11) is 0. The van der Waals surface area contributed by atoms with E-state index in [4.69, 9.17) is 5.26 Å². The van der Waals surface area contributed by atoms with E-state index in [0.29, 0.717) is 18.0 Å². The van der Waals surface area contributed by atoms with E-state index in [1.165, 1.54) is 37.7 Å². The Labute approximate surface area is 165 Å². The number of aryl methyl sites for hydroxylation is 1. The largest absolute Gasteiger partial charge is 0.333 e. The SMILES string of the molecule is Cc1cn(Cc2ccc(C3CCCCC3)cc2)c(=O)n1-c1ccc(C#N)cc1. The molecule has 3 aromatic rings. The molecule has 2 aromatic carbocycles. The Kier molecular flexibility index (Phi) is 5.16. The number of rotatable bonds is 4. The molecule has 1 aromatic heterocycles. The van der Waals surface area contributed by atoms with Gasteiger partial charge in [0, 0.05) is 11.9 Å². The molecule has 1 aliphatic carbocycles. The number of imidazole rings is 1. The molecule has 0 saturated heterocycles. The smallest absolute Gasteiger partial charge is 0.294 e. The fourth-order valence-corrected chi connectivity index (χ4v) is 4.26. The van der Waals surface area contributed by atoms with Gasteiger partial charge in [-0.2, -0.15) is 5.26 Å². The summed E-state index contributed by atoms with van der Waals surface area (Å²) in [5, 5.41) is 8.96. The van der Waals surface area contributed by atoms with Crippen molar-refractivity contribution in [3.63, 3.8) is 0 Å². The zero-order chi connectivity index (χ0) is 19.5. The first kappa shape index (κ1) is 18.3. The van der Waals surface area contributed by atoms with Crippen LogP contribution in [0.1, 0.15) is 60.4 Å². The van der Waals surface area contributed by atoms with Crippen LogP contribution in [0.3, 0.4) is 0 Å². The molecule has 1 fully saturated rings. The van der Waals surface area contributed by atoms with Crippen LogP contribution in [-0.2, 0) is 6.54 Å². The maximum absolute atomic E-state index is 12.9. The minimum atomic E-state index is -0.0569. The normalized spacial score (nSPS) is 14.7. The lowest BCUT2D eigenvalue weighted by Crippen LogP contribution is -2.24.